The Morgan fingerprint density at radius 2 is 2.03 bits per heavy atom. The van der Waals surface area contributed by atoms with Crippen molar-refractivity contribution >= 4 is 22.5 Å². The number of pyridine rings is 1. The molecule has 0 radical (unpaired) electrons. The van der Waals surface area contributed by atoms with Crippen LogP contribution in [0.25, 0.3) is 16.6 Å². The highest BCUT2D eigenvalue weighted by atomic mass is 16.5. The van der Waals surface area contributed by atoms with Crippen molar-refractivity contribution in [2.45, 2.75) is 24.9 Å². The lowest BCUT2D eigenvalue weighted by Crippen LogP contribution is -2.48. The van der Waals surface area contributed by atoms with Crippen molar-refractivity contribution < 1.29 is 9.53 Å². The van der Waals surface area contributed by atoms with Gasteiger partial charge < -0.3 is 14.6 Å². The van der Waals surface area contributed by atoms with Gasteiger partial charge in [0.2, 0.25) is 0 Å². The molecular formula is C22H21N5O2. The first-order valence-electron chi connectivity index (χ1n) is 10.1. The smallest absolute Gasteiger partial charge is 0.254 e. The summed E-state index contributed by atoms with van der Waals surface area (Å²) in [7, 11) is 0. The Morgan fingerprint density at radius 3 is 2.93 bits per heavy atom. The maximum atomic E-state index is 13.0. The number of aromatic nitrogens is 4. The molecule has 0 saturated carbocycles. The molecule has 2 aliphatic rings. The number of carbonyl (C=O) groups excluding carboxylic acids is 1. The molecule has 0 bridgehead atoms. The molecule has 1 fully saturated rings. The van der Waals surface area contributed by atoms with Gasteiger partial charge in [0.05, 0.1) is 12.3 Å². The van der Waals surface area contributed by atoms with E-state index in [1.807, 2.05) is 4.90 Å². The molecular weight excluding hydrogens is 366 g/mol. The topological polar surface area (TPSA) is 75.5 Å². The standard InChI is InChI=1S/C22H21N5O2/c28-21(15-5-9-27-19(13-15)23-14-24-27)26-10-7-22(8-11-26)20-17(6-12-29-22)16-3-1-2-4-18(16)25-20/h1-5,9,13-14,25H,6-8,10-12H2. The summed E-state index contributed by atoms with van der Waals surface area (Å²) in [5, 5.41) is 5.39. The summed E-state index contributed by atoms with van der Waals surface area (Å²) < 4.78 is 8.01. The van der Waals surface area contributed by atoms with E-state index in [9.17, 15) is 4.79 Å². The van der Waals surface area contributed by atoms with E-state index in [1.165, 1.54) is 28.5 Å². The third-order valence-electron chi connectivity index (χ3n) is 6.39. The van der Waals surface area contributed by atoms with Crippen molar-refractivity contribution in [2.75, 3.05) is 19.7 Å². The van der Waals surface area contributed by atoms with Gasteiger partial charge in [-0.25, -0.2) is 9.50 Å². The molecule has 1 amide bonds. The Kier molecular flexibility index (Phi) is 3.55. The van der Waals surface area contributed by atoms with Crippen molar-refractivity contribution in [3.8, 4) is 0 Å². The van der Waals surface area contributed by atoms with E-state index < -0.39 is 0 Å². The number of benzene rings is 1. The summed E-state index contributed by atoms with van der Waals surface area (Å²) in [6, 6.07) is 12.1. The minimum absolute atomic E-state index is 0.0398. The highest BCUT2D eigenvalue weighted by molar-refractivity contribution is 5.95. The quantitative estimate of drug-likeness (QED) is 0.545. The molecule has 4 aromatic rings. The average Bonchev–Trinajstić information content (AvgIpc) is 3.39. The molecule has 7 nitrogen and oxygen atoms in total. The van der Waals surface area contributed by atoms with Crippen molar-refractivity contribution in [3.63, 3.8) is 0 Å². The summed E-state index contributed by atoms with van der Waals surface area (Å²) in [5.41, 5.74) is 4.77. The number of piperidine rings is 1. The first-order valence-corrected chi connectivity index (χ1v) is 10.1. The SMILES string of the molecule is O=C(c1ccn2ncnc2c1)N1CCC2(CC1)OCCc1c2[nH]c2ccccc12. The third kappa shape index (κ3) is 2.50. The number of para-hydroxylation sites is 1. The second kappa shape index (κ2) is 6.15. The number of carbonyl (C=O) groups is 1. The number of nitrogens with zero attached hydrogens (tertiary/aromatic N) is 4. The van der Waals surface area contributed by atoms with Crippen LogP contribution in [0.3, 0.4) is 0 Å². The van der Waals surface area contributed by atoms with Gasteiger partial charge in [0, 0.05) is 35.8 Å². The number of hydrogen-bond acceptors (Lipinski definition) is 4. The fourth-order valence-electron chi connectivity index (χ4n) is 4.87. The molecule has 1 N–H and O–H groups in total. The van der Waals surface area contributed by atoms with Crippen LogP contribution in [-0.4, -0.2) is 50.1 Å². The Balaban J connectivity index is 1.27. The van der Waals surface area contributed by atoms with E-state index in [1.54, 1.807) is 22.8 Å². The van der Waals surface area contributed by atoms with E-state index in [4.69, 9.17) is 4.74 Å². The maximum Gasteiger partial charge on any atom is 0.254 e. The summed E-state index contributed by atoms with van der Waals surface area (Å²) in [4.78, 5) is 22.8. The van der Waals surface area contributed by atoms with Gasteiger partial charge in [0.1, 0.15) is 11.9 Å². The van der Waals surface area contributed by atoms with Gasteiger partial charge in [0.25, 0.3) is 5.91 Å². The van der Waals surface area contributed by atoms with E-state index in [0.717, 1.165) is 25.9 Å². The van der Waals surface area contributed by atoms with Crippen LogP contribution in [-0.2, 0) is 16.8 Å². The second-order valence-corrected chi connectivity index (χ2v) is 7.89. The minimum Gasteiger partial charge on any atom is -0.368 e. The predicted octanol–water partition coefficient (Wildman–Crippen LogP) is 2.91. The van der Waals surface area contributed by atoms with Crippen LogP contribution in [0.1, 0.15) is 34.5 Å². The molecule has 0 aliphatic carbocycles. The number of H-pyrrole nitrogens is 1. The van der Waals surface area contributed by atoms with Crippen molar-refractivity contribution in [1.82, 2.24) is 24.5 Å². The molecule has 146 valence electrons. The fourth-order valence-corrected chi connectivity index (χ4v) is 4.87. The first kappa shape index (κ1) is 16.7. The number of rotatable bonds is 1. The predicted molar refractivity (Wildman–Crippen MR) is 108 cm³/mol. The zero-order valence-electron chi connectivity index (χ0n) is 16.0. The van der Waals surface area contributed by atoms with Crippen LogP contribution < -0.4 is 0 Å². The average molecular weight is 387 g/mol. The molecule has 1 aromatic carbocycles. The van der Waals surface area contributed by atoms with Crippen LogP contribution in [0.15, 0.2) is 48.9 Å². The Morgan fingerprint density at radius 1 is 1.17 bits per heavy atom. The summed E-state index contributed by atoms with van der Waals surface area (Å²) in [6.07, 6.45) is 5.80. The van der Waals surface area contributed by atoms with Gasteiger partial charge in [-0.15, -0.1) is 0 Å². The molecule has 1 saturated heterocycles. The highest BCUT2D eigenvalue weighted by Gasteiger charge is 2.43. The molecule has 0 unspecified atom stereocenters. The number of hydrogen-bond donors (Lipinski definition) is 1. The number of nitrogens with one attached hydrogen (secondary N) is 1. The van der Waals surface area contributed by atoms with E-state index >= 15 is 0 Å². The van der Waals surface area contributed by atoms with E-state index in [-0.39, 0.29) is 11.5 Å². The van der Waals surface area contributed by atoms with Crippen LogP contribution in [0.5, 0.6) is 0 Å². The number of amides is 1. The molecule has 5 heterocycles. The summed E-state index contributed by atoms with van der Waals surface area (Å²) >= 11 is 0. The largest absolute Gasteiger partial charge is 0.368 e. The lowest BCUT2D eigenvalue weighted by atomic mass is 9.83. The Labute approximate surface area is 167 Å². The Bertz CT molecular complexity index is 1230. The molecule has 7 heteroatoms. The number of likely N-dealkylation sites (tertiary alicyclic amines) is 1. The second-order valence-electron chi connectivity index (χ2n) is 7.89. The van der Waals surface area contributed by atoms with Crippen molar-refractivity contribution in [3.05, 3.63) is 65.7 Å². The monoisotopic (exact) mass is 387 g/mol. The summed E-state index contributed by atoms with van der Waals surface area (Å²) in [5.74, 6) is 0.0398. The zero-order valence-corrected chi connectivity index (χ0v) is 16.0. The highest BCUT2D eigenvalue weighted by Crippen LogP contribution is 2.43. The van der Waals surface area contributed by atoms with Crippen LogP contribution in [0.2, 0.25) is 0 Å². The minimum atomic E-state index is -0.319. The van der Waals surface area contributed by atoms with Gasteiger partial charge in [-0.05, 0) is 43.0 Å². The van der Waals surface area contributed by atoms with Crippen LogP contribution in [0.4, 0.5) is 0 Å². The van der Waals surface area contributed by atoms with Crippen LogP contribution in [0, 0.1) is 0 Å². The Hall–Kier alpha value is -3.19. The van der Waals surface area contributed by atoms with Crippen molar-refractivity contribution in [1.29, 1.82) is 0 Å². The number of ether oxygens (including phenoxy) is 1. The third-order valence-corrected chi connectivity index (χ3v) is 6.39. The maximum absolute atomic E-state index is 13.0. The molecule has 2 aliphatic heterocycles. The van der Waals surface area contributed by atoms with Crippen molar-refractivity contribution in [2.24, 2.45) is 0 Å². The van der Waals surface area contributed by atoms with Crippen LogP contribution >= 0.6 is 0 Å². The lowest BCUT2D eigenvalue weighted by molar-refractivity contribution is -0.0957. The normalized spacial score (nSPS) is 18.4. The summed E-state index contributed by atoms with van der Waals surface area (Å²) in [6.45, 7) is 2.07. The fraction of sp³-hybridized carbons (Fsp3) is 0.318. The molecule has 29 heavy (non-hydrogen) atoms. The zero-order chi connectivity index (χ0) is 19.4. The molecule has 6 rings (SSSR count). The molecule has 3 aromatic heterocycles. The first-order chi connectivity index (χ1) is 14.2. The molecule has 1 spiro atoms. The number of fused-ring (bicyclic) bond motifs is 5. The van der Waals surface area contributed by atoms with Gasteiger partial charge in [-0.1, -0.05) is 18.2 Å². The van der Waals surface area contributed by atoms with Gasteiger partial charge in [-0.3, -0.25) is 4.79 Å². The van der Waals surface area contributed by atoms with Gasteiger partial charge >= 0.3 is 0 Å². The van der Waals surface area contributed by atoms with E-state index in [0.29, 0.717) is 24.3 Å². The molecule has 0 atom stereocenters. The lowest BCUT2D eigenvalue weighted by Gasteiger charge is -2.43. The van der Waals surface area contributed by atoms with Gasteiger partial charge in [0.15, 0.2) is 5.65 Å². The van der Waals surface area contributed by atoms with E-state index in [2.05, 4.69) is 39.3 Å². The van der Waals surface area contributed by atoms with Gasteiger partial charge in [-0.2, -0.15) is 5.10 Å². The number of aromatic amines is 1.